The van der Waals surface area contributed by atoms with Gasteiger partial charge in [0.2, 0.25) is 15.9 Å². The Morgan fingerprint density at radius 2 is 1.85 bits per heavy atom. The molecule has 2 aromatic carbocycles. The number of anilines is 2. The van der Waals surface area contributed by atoms with Crippen molar-refractivity contribution in [2.75, 3.05) is 30.9 Å². The predicted molar refractivity (Wildman–Crippen MR) is 103 cm³/mol. The van der Waals surface area contributed by atoms with Gasteiger partial charge in [0, 0.05) is 44.5 Å². The van der Waals surface area contributed by atoms with Crippen LogP contribution in [-0.2, 0) is 21.2 Å². The van der Waals surface area contributed by atoms with Crippen molar-refractivity contribution in [3.63, 3.8) is 0 Å². The Morgan fingerprint density at radius 3 is 2.52 bits per heavy atom. The average molecular weight is 387 g/mol. The number of hydrogen-bond acceptors (Lipinski definition) is 4. The van der Waals surface area contributed by atoms with E-state index in [1.165, 1.54) is 39.2 Å². The molecule has 7 nitrogen and oxygen atoms in total. The Balaban J connectivity index is 1.85. The van der Waals surface area contributed by atoms with E-state index >= 15 is 0 Å². The predicted octanol–water partition coefficient (Wildman–Crippen LogP) is 2.10. The molecule has 1 aliphatic heterocycles. The number of fused-ring (bicyclic) bond motifs is 1. The molecule has 0 saturated heterocycles. The maximum absolute atomic E-state index is 12.6. The molecule has 0 unspecified atom stereocenters. The standard InChI is InChI=1S/C19H21N3O4S/c1-13(23)22-10-9-14-7-8-16(12-18(14)22)20-19(24)15-5-4-6-17(11-15)27(25,26)21(2)3/h4-8,11-12H,9-10H2,1-3H3,(H,20,24). The third kappa shape index (κ3) is 3.72. The fourth-order valence-electron chi connectivity index (χ4n) is 3.00. The molecule has 0 spiro atoms. The third-order valence-electron chi connectivity index (χ3n) is 4.49. The molecule has 0 fully saturated rings. The highest BCUT2D eigenvalue weighted by atomic mass is 32.2. The lowest BCUT2D eigenvalue weighted by molar-refractivity contribution is -0.116. The number of nitrogens with zero attached hydrogens (tertiary/aromatic N) is 2. The van der Waals surface area contributed by atoms with Gasteiger partial charge < -0.3 is 10.2 Å². The van der Waals surface area contributed by atoms with Crippen molar-refractivity contribution in [2.45, 2.75) is 18.2 Å². The monoisotopic (exact) mass is 387 g/mol. The van der Waals surface area contributed by atoms with Crippen LogP contribution in [0.3, 0.4) is 0 Å². The Hall–Kier alpha value is -2.71. The van der Waals surface area contributed by atoms with Gasteiger partial charge in [-0.2, -0.15) is 0 Å². The molecule has 1 aliphatic rings. The molecule has 8 heteroatoms. The molecule has 1 N–H and O–H groups in total. The van der Waals surface area contributed by atoms with E-state index in [4.69, 9.17) is 0 Å². The second-order valence-corrected chi connectivity index (χ2v) is 8.69. The van der Waals surface area contributed by atoms with Crippen LogP contribution in [0.25, 0.3) is 0 Å². The highest BCUT2D eigenvalue weighted by Gasteiger charge is 2.23. The minimum absolute atomic E-state index is 0.0428. The lowest BCUT2D eigenvalue weighted by Crippen LogP contribution is -2.25. The van der Waals surface area contributed by atoms with Gasteiger partial charge in [-0.1, -0.05) is 12.1 Å². The lowest BCUT2D eigenvalue weighted by atomic mass is 10.1. The van der Waals surface area contributed by atoms with Crippen LogP contribution in [0, 0.1) is 0 Å². The lowest BCUT2D eigenvalue weighted by Gasteiger charge is -2.16. The summed E-state index contributed by atoms with van der Waals surface area (Å²) in [6.07, 6.45) is 0.785. The number of hydrogen-bond donors (Lipinski definition) is 1. The Morgan fingerprint density at radius 1 is 1.11 bits per heavy atom. The van der Waals surface area contributed by atoms with E-state index in [0.717, 1.165) is 22.0 Å². The molecular formula is C19H21N3O4S. The summed E-state index contributed by atoms with van der Waals surface area (Å²) in [7, 11) is -0.746. The summed E-state index contributed by atoms with van der Waals surface area (Å²) in [6.45, 7) is 2.14. The van der Waals surface area contributed by atoms with Crippen molar-refractivity contribution < 1.29 is 18.0 Å². The topological polar surface area (TPSA) is 86.8 Å². The molecule has 0 bridgehead atoms. The molecule has 0 aromatic heterocycles. The Kier molecular flexibility index (Phi) is 5.03. The van der Waals surface area contributed by atoms with Crippen molar-refractivity contribution in [2.24, 2.45) is 0 Å². The molecule has 1 heterocycles. The number of benzene rings is 2. The maximum Gasteiger partial charge on any atom is 0.255 e. The van der Waals surface area contributed by atoms with Gasteiger partial charge in [-0.3, -0.25) is 9.59 Å². The van der Waals surface area contributed by atoms with E-state index in [2.05, 4.69) is 5.32 Å². The van der Waals surface area contributed by atoms with Crippen molar-refractivity contribution in [3.8, 4) is 0 Å². The van der Waals surface area contributed by atoms with E-state index in [0.29, 0.717) is 12.2 Å². The minimum atomic E-state index is -3.62. The fraction of sp³-hybridized carbons (Fsp3) is 0.263. The normalized spacial score (nSPS) is 13.6. The van der Waals surface area contributed by atoms with Crippen LogP contribution in [0.15, 0.2) is 47.4 Å². The molecule has 0 radical (unpaired) electrons. The zero-order chi connectivity index (χ0) is 19.8. The first-order chi connectivity index (χ1) is 12.7. The smallest absolute Gasteiger partial charge is 0.255 e. The van der Waals surface area contributed by atoms with E-state index in [-0.39, 0.29) is 16.4 Å². The number of sulfonamides is 1. The summed E-state index contributed by atoms with van der Waals surface area (Å²) in [6, 6.07) is 11.3. The highest BCUT2D eigenvalue weighted by molar-refractivity contribution is 7.89. The van der Waals surface area contributed by atoms with Crippen molar-refractivity contribution in [1.82, 2.24) is 4.31 Å². The molecule has 3 rings (SSSR count). The van der Waals surface area contributed by atoms with Gasteiger partial charge in [-0.05, 0) is 42.3 Å². The van der Waals surface area contributed by atoms with E-state index in [1.807, 2.05) is 6.07 Å². The van der Waals surface area contributed by atoms with Crippen LogP contribution in [-0.4, -0.2) is 45.2 Å². The Labute approximate surface area is 158 Å². The van der Waals surface area contributed by atoms with Crippen molar-refractivity contribution >= 4 is 33.2 Å². The average Bonchev–Trinajstić information content (AvgIpc) is 3.05. The minimum Gasteiger partial charge on any atom is -0.322 e. The van der Waals surface area contributed by atoms with Crippen molar-refractivity contribution in [1.29, 1.82) is 0 Å². The zero-order valence-electron chi connectivity index (χ0n) is 15.4. The van der Waals surface area contributed by atoms with E-state index < -0.39 is 15.9 Å². The first-order valence-electron chi connectivity index (χ1n) is 8.45. The third-order valence-corrected chi connectivity index (χ3v) is 6.30. The number of rotatable bonds is 4. The summed E-state index contributed by atoms with van der Waals surface area (Å²) < 4.78 is 25.6. The van der Waals surface area contributed by atoms with Crippen molar-refractivity contribution in [3.05, 3.63) is 53.6 Å². The molecule has 2 aromatic rings. The number of carbonyl (C=O) groups excluding carboxylic acids is 2. The maximum atomic E-state index is 12.6. The van der Waals surface area contributed by atoms with E-state index in [9.17, 15) is 18.0 Å². The zero-order valence-corrected chi connectivity index (χ0v) is 16.2. The van der Waals surface area contributed by atoms with Gasteiger partial charge in [0.25, 0.3) is 5.91 Å². The van der Waals surface area contributed by atoms with Gasteiger partial charge in [0.15, 0.2) is 0 Å². The molecule has 0 saturated carbocycles. The molecule has 2 amide bonds. The molecule has 0 atom stereocenters. The number of carbonyl (C=O) groups is 2. The van der Waals surface area contributed by atoms with Crippen LogP contribution in [0.5, 0.6) is 0 Å². The van der Waals surface area contributed by atoms with E-state index in [1.54, 1.807) is 23.1 Å². The summed E-state index contributed by atoms with van der Waals surface area (Å²) >= 11 is 0. The summed E-state index contributed by atoms with van der Waals surface area (Å²) in [5.41, 5.74) is 2.64. The molecule has 0 aliphatic carbocycles. The summed E-state index contributed by atoms with van der Waals surface area (Å²) in [5, 5.41) is 2.77. The number of nitrogens with one attached hydrogen (secondary N) is 1. The van der Waals surface area contributed by atoms with Crippen LogP contribution in [0.2, 0.25) is 0 Å². The SMILES string of the molecule is CC(=O)N1CCc2ccc(NC(=O)c3cccc(S(=O)(=O)N(C)C)c3)cc21. The summed E-state index contributed by atoms with van der Waals surface area (Å²) in [5.74, 6) is -0.461. The first-order valence-corrected chi connectivity index (χ1v) is 9.89. The van der Waals surface area contributed by atoms with Crippen LogP contribution >= 0.6 is 0 Å². The molecule has 27 heavy (non-hydrogen) atoms. The second-order valence-electron chi connectivity index (χ2n) is 6.53. The number of amides is 2. The van der Waals surface area contributed by atoms with Crippen LogP contribution in [0.4, 0.5) is 11.4 Å². The molecular weight excluding hydrogens is 366 g/mol. The summed E-state index contributed by atoms with van der Waals surface area (Å²) in [4.78, 5) is 26.0. The second kappa shape index (κ2) is 7.13. The van der Waals surface area contributed by atoms with Crippen LogP contribution < -0.4 is 10.2 Å². The van der Waals surface area contributed by atoms with Gasteiger partial charge in [0.05, 0.1) is 4.90 Å². The van der Waals surface area contributed by atoms with Gasteiger partial charge in [0.1, 0.15) is 0 Å². The largest absolute Gasteiger partial charge is 0.322 e. The van der Waals surface area contributed by atoms with Gasteiger partial charge >= 0.3 is 0 Å². The van der Waals surface area contributed by atoms with Gasteiger partial charge in [-0.15, -0.1) is 0 Å². The van der Waals surface area contributed by atoms with Gasteiger partial charge in [-0.25, -0.2) is 12.7 Å². The first kappa shape index (κ1) is 19.1. The quantitative estimate of drug-likeness (QED) is 0.870. The fourth-order valence-corrected chi connectivity index (χ4v) is 3.94. The van der Waals surface area contributed by atoms with Crippen LogP contribution in [0.1, 0.15) is 22.8 Å². The molecule has 142 valence electrons. The Bertz CT molecular complexity index is 1020. The highest BCUT2D eigenvalue weighted by Crippen LogP contribution is 2.31.